The number of hydrogen-bond acceptors (Lipinski definition) is 3. The predicted octanol–water partition coefficient (Wildman–Crippen LogP) is 3.38. The average Bonchev–Trinajstić information content (AvgIpc) is 2.53. The van der Waals surface area contributed by atoms with Crippen molar-refractivity contribution in [2.75, 3.05) is 6.54 Å². The van der Waals surface area contributed by atoms with Gasteiger partial charge in [0.25, 0.3) is 0 Å². The molecular weight excluding hydrogens is 330 g/mol. The first-order valence-electron chi connectivity index (χ1n) is 6.93. The Morgan fingerprint density at radius 3 is 2.76 bits per heavy atom. The fourth-order valence-corrected chi connectivity index (χ4v) is 2.81. The van der Waals surface area contributed by atoms with E-state index in [2.05, 4.69) is 27.3 Å². The molecule has 1 heterocycles. The Balaban J connectivity index is 1.68. The van der Waals surface area contributed by atoms with Crippen LogP contribution in [0.3, 0.4) is 0 Å². The molecule has 3 rings (SSSR count). The number of ether oxygens (including phenoxy) is 1. The summed E-state index contributed by atoms with van der Waals surface area (Å²) in [5.74, 6) is -0.386. The summed E-state index contributed by atoms with van der Waals surface area (Å²) in [6, 6.07) is 15.8. The third-order valence-electron chi connectivity index (χ3n) is 3.67. The maximum atomic E-state index is 12.3. The Labute approximate surface area is 132 Å². The lowest BCUT2D eigenvalue weighted by Gasteiger charge is -2.24. The molecule has 1 unspecified atom stereocenters. The van der Waals surface area contributed by atoms with Gasteiger partial charge in [-0.25, -0.2) is 0 Å². The fourth-order valence-electron chi connectivity index (χ4n) is 2.54. The molecule has 2 aromatic carbocycles. The molecule has 0 spiro atoms. The lowest BCUT2D eigenvalue weighted by molar-refractivity contribution is -0.146. The van der Waals surface area contributed by atoms with E-state index in [1.807, 2.05) is 42.5 Å². The molecule has 0 aromatic heterocycles. The number of fused-ring (bicyclic) bond motifs is 1. The summed E-state index contributed by atoms with van der Waals surface area (Å²) >= 11 is 3.39. The first kappa shape index (κ1) is 14.3. The van der Waals surface area contributed by atoms with Gasteiger partial charge in [-0.3, -0.25) is 4.79 Å². The molecule has 21 heavy (non-hydrogen) atoms. The highest BCUT2D eigenvalue weighted by Gasteiger charge is 2.27. The fraction of sp³-hybridized carbons (Fsp3) is 0.235. The molecule has 1 aliphatic heterocycles. The normalized spacial score (nSPS) is 17.1. The molecular formula is C17H16BrNO2. The zero-order chi connectivity index (χ0) is 14.7. The quantitative estimate of drug-likeness (QED) is 0.866. The Hall–Kier alpha value is -1.65. The van der Waals surface area contributed by atoms with Gasteiger partial charge in [-0.05, 0) is 28.8 Å². The van der Waals surface area contributed by atoms with Crippen molar-refractivity contribution in [2.24, 2.45) is 0 Å². The van der Waals surface area contributed by atoms with Crippen molar-refractivity contribution in [3.05, 3.63) is 69.7 Å². The minimum absolute atomic E-state index is 0.169. The van der Waals surface area contributed by atoms with E-state index >= 15 is 0 Å². The lowest BCUT2D eigenvalue weighted by Crippen LogP contribution is -2.33. The highest BCUT2D eigenvalue weighted by Crippen LogP contribution is 2.25. The van der Waals surface area contributed by atoms with Gasteiger partial charge >= 0.3 is 5.97 Å². The van der Waals surface area contributed by atoms with Crippen molar-refractivity contribution < 1.29 is 9.53 Å². The van der Waals surface area contributed by atoms with Crippen LogP contribution in [-0.2, 0) is 22.7 Å². The van der Waals surface area contributed by atoms with Crippen molar-refractivity contribution in [3.63, 3.8) is 0 Å². The van der Waals surface area contributed by atoms with Crippen LogP contribution >= 0.6 is 15.9 Å². The van der Waals surface area contributed by atoms with Crippen LogP contribution in [-0.4, -0.2) is 12.5 Å². The number of carbonyl (C=O) groups excluding carboxylic acids is 1. The van der Waals surface area contributed by atoms with Gasteiger partial charge in [0.15, 0.2) is 0 Å². The Morgan fingerprint density at radius 1 is 1.19 bits per heavy atom. The summed E-state index contributed by atoms with van der Waals surface area (Å²) in [7, 11) is 0. The van der Waals surface area contributed by atoms with Gasteiger partial charge in [0.2, 0.25) is 0 Å². The van der Waals surface area contributed by atoms with Crippen LogP contribution in [0.1, 0.15) is 22.6 Å². The van der Waals surface area contributed by atoms with Crippen molar-refractivity contribution in [1.82, 2.24) is 5.32 Å². The van der Waals surface area contributed by atoms with Gasteiger partial charge in [-0.1, -0.05) is 52.3 Å². The molecule has 1 atom stereocenters. The average molecular weight is 346 g/mol. The van der Waals surface area contributed by atoms with Gasteiger partial charge < -0.3 is 10.1 Å². The second kappa shape index (κ2) is 6.41. The van der Waals surface area contributed by atoms with Gasteiger partial charge in [0.05, 0.1) is 5.92 Å². The van der Waals surface area contributed by atoms with Gasteiger partial charge in [-0.15, -0.1) is 0 Å². The standard InChI is InChI=1S/C17H16BrNO2/c18-14-7-5-12(6-8-14)11-21-17(20)16-10-19-9-13-3-1-2-4-15(13)16/h1-8,16,19H,9-11H2. The number of carbonyl (C=O) groups is 1. The molecule has 0 radical (unpaired) electrons. The summed E-state index contributed by atoms with van der Waals surface area (Å²) in [4.78, 5) is 12.3. The maximum Gasteiger partial charge on any atom is 0.315 e. The van der Waals surface area contributed by atoms with Crippen LogP contribution in [0, 0.1) is 0 Å². The highest BCUT2D eigenvalue weighted by atomic mass is 79.9. The summed E-state index contributed by atoms with van der Waals surface area (Å²) in [6.45, 7) is 1.76. The smallest absolute Gasteiger partial charge is 0.315 e. The molecule has 4 heteroatoms. The minimum Gasteiger partial charge on any atom is -0.460 e. The minimum atomic E-state index is -0.217. The first-order valence-corrected chi connectivity index (χ1v) is 7.73. The summed E-state index contributed by atoms with van der Waals surface area (Å²) in [6.07, 6.45) is 0. The van der Waals surface area contributed by atoms with Gasteiger partial charge in [-0.2, -0.15) is 0 Å². The molecule has 0 saturated heterocycles. The molecule has 1 N–H and O–H groups in total. The SMILES string of the molecule is O=C(OCc1ccc(Br)cc1)C1CNCc2ccccc21. The zero-order valence-corrected chi connectivity index (χ0v) is 13.1. The molecule has 0 amide bonds. The van der Waals surface area contributed by atoms with Crippen molar-refractivity contribution in [3.8, 4) is 0 Å². The second-order valence-electron chi connectivity index (χ2n) is 5.12. The lowest BCUT2D eigenvalue weighted by atomic mass is 9.91. The van der Waals surface area contributed by atoms with E-state index in [0.717, 1.165) is 22.1 Å². The number of hydrogen-bond donors (Lipinski definition) is 1. The van der Waals surface area contributed by atoms with Gasteiger partial charge in [0.1, 0.15) is 6.61 Å². The third-order valence-corrected chi connectivity index (χ3v) is 4.20. The van der Waals surface area contributed by atoms with Crippen molar-refractivity contribution in [2.45, 2.75) is 19.1 Å². The molecule has 0 saturated carbocycles. The van der Waals surface area contributed by atoms with Crippen molar-refractivity contribution >= 4 is 21.9 Å². The maximum absolute atomic E-state index is 12.3. The number of benzene rings is 2. The molecule has 1 aliphatic rings. The van der Waals surface area contributed by atoms with Crippen LogP contribution in [0.25, 0.3) is 0 Å². The summed E-state index contributed by atoms with van der Waals surface area (Å²) in [5, 5.41) is 3.27. The third kappa shape index (κ3) is 3.34. The number of esters is 1. The van der Waals surface area contributed by atoms with Crippen LogP contribution in [0.5, 0.6) is 0 Å². The van der Waals surface area contributed by atoms with E-state index in [-0.39, 0.29) is 11.9 Å². The van der Waals surface area contributed by atoms with E-state index < -0.39 is 0 Å². The van der Waals surface area contributed by atoms with Crippen LogP contribution in [0.4, 0.5) is 0 Å². The second-order valence-corrected chi connectivity index (χ2v) is 6.03. The zero-order valence-electron chi connectivity index (χ0n) is 11.5. The van der Waals surface area contributed by atoms with Crippen LogP contribution in [0.15, 0.2) is 53.0 Å². The van der Waals surface area contributed by atoms with Gasteiger partial charge in [0, 0.05) is 17.6 Å². The molecule has 0 fully saturated rings. The van der Waals surface area contributed by atoms with Crippen LogP contribution in [0.2, 0.25) is 0 Å². The van der Waals surface area contributed by atoms with E-state index in [9.17, 15) is 4.79 Å². The Bertz CT molecular complexity index is 639. The van der Waals surface area contributed by atoms with Crippen LogP contribution < -0.4 is 5.32 Å². The van der Waals surface area contributed by atoms with E-state index in [1.165, 1.54) is 5.56 Å². The molecule has 108 valence electrons. The Morgan fingerprint density at radius 2 is 1.95 bits per heavy atom. The van der Waals surface area contributed by atoms with Crippen molar-refractivity contribution in [1.29, 1.82) is 0 Å². The van der Waals surface area contributed by atoms with E-state index in [1.54, 1.807) is 0 Å². The monoisotopic (exact) mass is 345 g/mol. The first-order chi connectivity index (χ1) is 10.2. The molecule has 0 aliphatic carbocycles. The molecule has 0 bridgehead atoms. The summed E-state index contributed by atoms with van der Waals surface area (Å²) in [5.41, 5.74) is 3.25. The molecule has 3 nitrogen and oxygen atoms in total. The number of rotatable bonds is 3. The largest absolute Gasteiger partial charge is 0.460 e. The number of halogens is 1. The van der Waals surface area contributed by atoms with E-state index in [4.69, 9.17) is 4.74 Å². The topological polar surface area (TPSA) is 38.3 Å². The highest BCUT2D eigenvalue weighted by molar-refractivity contribution is 9.10. The number of nitrogens with one attached hydrogen (secondary N) is 1. The molecule has 2 aromatic rings. The summed E-state index contributed by atoms with van der Waals surface area (Å²) < 4.78 is 6.49. The van der Waals surface area contributed by atoms with E-state index in [0.29, 0.717) is 13.2 Å². The predicted molar refractivity (Wildman–Crippen MR) is 84.8 cm³/mol. The Kier molecular flexibility index (Phi) is 4.36.